The number of amides is 1. The van der Waals surface area contributed by atoms with E-state index in [9.17, 15) is 4.79 Å². The third kappa shape index (κ3) is 1.48. The summed E-state index contributed by atoms with van der Waals surface area (Å²) >= 11 is 0. The zero-order valence-electron chi connectivity index (χ0n) is 11.0. The molecule has 2 rings (SSSR count). The van der Waals surface area contributed by atoms with E-state index in [1.54, 1.807) is 0 Å². The number of rotatable bonds is 2. The Labute approximate surface area is 98.2 Å². The Kier molecular flexibility index (Phi) is 2.40. The first-order chi connectivity index (χ1) is 7.19. The first-order valence-corrected chi connectivity index (χ1v) is 6.25. The number of nitrogens with one attached hydrogen (secondary N) is 1. The molecule has 1 amide bonds. The summed E-state index contributed by atoms with van der Waals surface area (Å²) < 4.78 is 0. The van der Waals surface area contributed by atoms with Crippen molar-refractivity contribution in [1.29, 1.82) is 0 Å². The van der Waals surface area contributed by atoms with Crippen LogP contribution in [0.3, 0.4) is 0 Å². The van der Waals surface area contributed by atoms with Gasteiger partial charge in [-0.1, -0.05) is 34.6 Å². The van der Waals surface area contributed by atoms with Crippen LogP contribution in [-0.4, -0.2) is 18.0 Å². The lowest BCUT2D eigenvalue weighted by molar-refractivity contribution is -0.133. The molecule has 0 aromatic heterocycles. The van der Waals surface area contributed by atoms with E-state index in [-0.39, 0.29) is 34.7 Å². The molecule has 0 aromatic carbocycles. The second kappa shape index (κ2) is 3.22. The standard InChI is InChI=1S/C13H24N2O/c1-7-6-8(7)9(16)15-11-12(2,3)10(14)13(11,4)5/h7-8,10-11H,6,14H2,1-5H3,(H,15,16). The maximum Gasteiger partial charge on any atom is 0.223 e. The Bertz CT molecular complexity index is 306. The molecule has 0 radical (unpaired) electrons. The number of hydrogen-bond donors (Lipinski definition) is 2. The molecule has 2 aliphatic carbocycles. The minimum Gasteiger partial charge on any atom is -0.352 e. The van der Waals surface area contributed by atoms with E-state index in [1.165, 1.54) is 0 Å². The van der Waals surface area contributed by atoms with Crippen molar-refractivity contribution >= 4 is 5.91 Å². The summed E-state index contributed by atoms with van der Waals surface area (Å²) in [6.45, 7) is 10.7. The first-order valence-electron chi connectivity index (χ1n) is 6.25. The van der Waals surface area contributed by atoms with Crippen LogP contribution >= 0.6 is 0 Å². The molecule has 0 heterocycles. The van der Waals surface area contributed by atoms with Gasteiger partial charge in [0.2, 0.25) is 5.91 Å². The monoisotopic (exact) mass is 224 g/mol. The van der Waals surface area contributed by atoms with Crippen LogP contribution in [0.1, 0.15) is 41.0 Å². The lowest BCUT2D eigenvalue weighted by Gasteiger charge is -2.63. The molecule has 2 saturated carbocycles. The Morgan fingerprint density at radius 1 is 1.25 bits per heavy atom. The van der Waals surface area contributed by atoms with Crippen LogP contribution in [0.4, 0.5) is 0 Å². The van der Waals surface area contributed by atoms with Gasteiger partial charge < -0.3 is 11.1 Å². The summed E-state index contributed by atoms with van der Waals surface area (Å²) in [4.78, 5) is 11.9. The SMILES string of the molecule is CC1CC1C(=O)NC1C(C)(C)C(N)C1(C)C. The van der Waals surface area contributed by atoms with E-state index in [0.717, 1.165) is 6.42 Å². The zero-order chi connectivity index (χ0) is 12.3. The van der Waals surface area contributed by atoms with Crippen LogP contribution in [-0.2, 0) is 4.79 Å². The first kappa shape index (κ1) is 11.9. The van der Waals surface area contributed by atoms with Crippen molar-refractivity contribution in [2.45, 2.75) is 53.1 Å². The van der Waals surface area contributed by atoms with Crippen LogP contribution in [0.2, 0.25) is 0 Å². The molecule has 3 nitrogen and oxygen atoms in total. The van der Waals surface area contributed by atoms with Crippen molar-refractivity contribution in [3.05, 3.63) is 0 Å². The maximum absolute atomic E-state index is 11.9. The molecule has 2 aliphatic rings. The number of carbonyl (C=O) groups excluding carboxylic acids is 1. The largest absolute Gasteiger partial charge is 0.352 e. The van der Waals surface area contributed by atoms with E-state index < -0.39 is 0 Å². The Morgan fingerprint density at radius 3 is 2.06 bits per heavy atom. The van der Waals surface area contributed by atoms with Crippen molar-refractivity contribution in [2.24, 2.45) is 28.4 Å². The predicted molar refractivity (Wildman–Crippen MR) is 64.7 cm³/mol. The van der Waals surface area contributed by atoms with Crippen LogP contribution in [0.5, 0.6) is 0 Å². The Morgan fingerprint density at radius 2 is 1.69 bits per heavy atom. The lowest BCUT2D eigenvalue weighted by Crippen LogP contribution is -2.76. The molecule has 0 aliphatic heterocycles. The third-order valence-corrected chi connectivity index (χ3v) is 4.82. The molecule has 92 valence electrons. The molecule has 3 heteroatoms. The summed E-state index contributed by atoms with van der Waals surface area (Å²) in [5.74, 6) is 1.05. The van der Waals surface area contributed by atoms with Crippen LogP contribution in [0.25, 0.3) is 0 Å². The van der Waals surface area contributed by atoms with E-state index in [2.05, 4.69) is 39.9 Å². The fraction of sp³-hybridized carbons (Fsp3) is 0.923. The van der Waals surface area contributed by atoms with E-state index >= 15 is 0 Å². The lowest BCUT2D eigenvalue weighted by atomic mass is 9.48. The van der Waals surface area contributed by atoms with Gasteiger partial charge in [0.05, 0.1) is 0 Å². The van der Waals surface area contributed by atoms with Crippen molar-refractivity contribution in [1.82, 2.24) is 5.32 Å². The van der Waals surface area contributed by atoms with Crippen molar-refractivity contribution in [3.8, 4) is 0 Å². The highest BCUT2D eigenvalue weighted by atomic mass is 16.2. The van der Waals surface area contributed by atoms with Crippen molar-refractivity contribution in [3.63, 3.8) is 0 Å². The van der Waals surface area contributed by atoms with Gasteiger partial charge in [-0.2, -0.15) is 0 Å². The van der Waals surface area contributed by atoms with Crippen LogP contribution in [0.15, 0.2) is 0 Å². The average Bonchev–Trinajstić information content (AvgIpc) is 2.90. The molecule has 2 unspecified atom stereocenters. The summed E-state index contributed by atoms with van der Waals surface area (Å²) in [6.07, 6.45) is 1.05. The number of hydrogen-bond acceptors (Lipinski definition) is 2. The van der Waals surface area contributed by atoms with Gasteiger partial charge in [-0.3, -0.25) is 4.79 Å². The average molecular weight is 224 g/mol. The Hall–Kier alpha value is -0.570. The molecule has 3 N–H and O–H groups in total. The topological polar surface area (TPSA) is 55.1 Å². The second-order valence-electron chi connectivity index (χ2n) is 6.88. The summed E-state index contributed by atoms with van der Waals surface area (Å²) in [5, 5.41) is 3.20. The molecular formula is C13H24N2O. The Balaban J connectivity index is 2.02. The molecule has 0 saturated heterocycles. The van der Waals surface area contributed by atoms with Crippen LogP contribution in [0, 0.1) is 22.7 Å². The highest BCUT2D eigenvalue weighted by Crippen LogP contribution is 2.53. The molecule has 0 bridgehead atoms. The molecule has 0 aromatic rings. The van der Waals surface area contributed by atoms with Gasteiger partial charge in [0.25, 0.3) is 0 Å². The summed E-state index contributed by atoms with van der Waals surface area (Å²) in [5.41, 5.74) is 6.19. The van der Waals surface area contributed by atoms with Crippen molar-refractivity contribution in [2.75, 3.05) is 0 Å². The number of nitrogens with two attached hydrogens (primary N) is 1. The van der Waals surface area contributed by atoms with Gasteiger partial charge in [-0.25, -0.2) is 0 Å². The highest BCUT2D eigenvalue weighted by Gasteiger charge is 2.61. The molecule has 16 heavy (non-hydrogen) atoms. The van der Waals surface area contributed by atoms with E-state index in [0.29, 0.717) is 5.92 Å². The van der Waals surface area contributed by atoms with Gasteiger partial charge in [0, 0.05) is 28.8 Å². The fourth-order valence-electron chi connectivity index (χ4n) is 3.49. The molecular weight excluding hydrogens is 200 g/mol. The third-order valence-electron chi connectivity index (χ3n) is 4.82. The molecule has 2 fully saturated rings. The van der Waals surface area contributed by atoms with Crippen molar-refractivity contribution < 1.29 is 4.79 Å². The predicted octanol–water partition coefficient (Wildman–Crippen LogP) is 1.52. The molecule has 2 atom stereocenters. The molecule has 0 spiro atoms. The van der Waals surface area contributed by atoms with Crippen LogP contribution < -0.4 is 11.1 Å². The minimum absolute atomic E-state index is 0.0112. The highest BCUT2D eigenvalue weighted by molar-refractivity contribution is 5.82. The zero-order valence-corrected chi connectivity index (χ0v) is 11.0. The van der Waals surface area contributed by atoms with Gasteiger partial charge in [-0.15, -0.1) is 0 Å². The normalized spacial score (nSPS) is 43.4. The van der Waals surface area contributed by atoms with Gasteiger partial charge in [0.15, 0.2) is 0 Å². The summed E-state index contributed by atoms with van der Waals surface area (Å²) in [6, 6.07) is 0.359. The summed E-state index contributed by atoms with van der Waals surface area (Å²) in [7, 11) is 0. The van der Waals surface area contributed by atoms with E-state index in [4.69, 9.17) is 5.73 Å². The van der Waals surface area contributed by atoms with Gasteiger partial charge in [0.1, 0.15) is 0 Å². The quantitative estimate of drug-likeness (QED) is 0.747. The fourth-order valence-corrected chi connectivity index (χ4v) is 3.49. The van der Waals surface area contributed by atoms with Gasteiger partial charge in [-0.05, 0) is 12.3 Å². The second-order valence-corrected chi connectivity index (χ2v) is 6.88. The van der Waals surface area contributed by atoms with Gasteiger partial charge >= 0.3 is 0 Å². The number of carbonyl (C=O) groups is 1. The minimum atomic E-state index is 0.0112. The maximum atomic E-state index is 11.9. The smallest absolute Gasteiger partial charge is 0.223 e. The van der Waals surface area contributed by atoms with E-state index in [1.807, 2.05) is 0 Å².